The lowest BCUT2D eigenvalue weighted by Gasteiger charge is -2.19. The highest BCUT2D eigenvalue weighted by Gasteiger charge is 2.27. The summed E-state index contributed by atoms with van der Waals surface area (Å²) in [6.45, 7) is 4.85. The molecule has 5 heteroatoms. The van der Waals surface area contributed by atoms with Gasteiger partial charge in [0.1, 0.15) is 12.3 Å². The molecule has 0 amide bonds. The molecule has 0 bridgehead atoms. The van der Waals surface area contributed by atoms with E-state index >= 15 is 0 Å². The van der Waals surface area contributed by atoms with Gasteiger partial charge in [0.2, 0.25) is 0 Å². The molecular formula is C15H23FO3S. The van der Waals surface area contributed by atoms with E-state index in [2.05, 4.69) is 0 Å². The van der Waals surface area contributed by atoms with E-state index in [1.54, 1.807) is 12.1 Å². The fraction of sp³-hybridized carbons (Fsp3) is 0.600. The van der Waals surface area contributed by atoms with Crippen LogP contribution in [0.25, 0.3) is 0 Å². The minimum absolute atomic E-state index is 0.0625. The summed E-state index contributed by atoms with van der Waals surface area (Å²) in [7, 11) is -3.88. The third-order valence-corrected chi connectivity index (χ3v) is 4.40. The maximum Gasteiger partial charge on any atom is 0.297 e. The van der Waals surface area contributed by atoms with E-state index in [0.717, 1.165) is 24.8 Å². The van der Waals surface area contributed by atoms with Gasteiger partial charge in [-0.1, -0.05) is 43.9 Å². The highest BCUT2D eigenvalue weighted by atomic mass is 32.2. The van der Waals surface area contributed by atoms with Crippen molar-refractivity contribution in [2.45, 2.75) is 57.0 Å². The summed E-state index contributed by atoms with van der Waals surface area (Å²) in [6, 6.07) is 6.31. The lowest BCUT2D eigenvalue weighted by Crippen LogP contribution is -2.27. The maximum absolute atomic E-state index is 14.1. The molecule has 0 fully saturated rings. The summed E-state index contributed by atoms with van der Waals surface area (Å²) >= 11 is 0. The summed E-state index contributed by atoms with van der Waals surface area (Å²) in [4.78, 5) is 0.0625. The predicted molar refractivity (Wildman–Crippen MR) is 78.0 cm³/mol. The summed E-state index contributed by atoms with van der Waals surface area (Å²) < 4.78 is 42.8. The topological polar surface area (TPSA) is 43.4 Å². The summed E-state index contributed by atoms with van der Waals surface area (Å²) in [6.07, 6.45) is 2.98. The van der Waals surface area contributed by atoms with E-state index in [9.17, 15) is 12.8 Å². The zero-order valence-electron chi connectivity index (χ0n) is 12.4. The largest absolute Gasteiger partial charge is 0.297 e. The molecule has 114 valence electrons. The number of hydrogen-bond donors (Lipinski definition) is 0. The molecule has 0 aliphatic rings. The Kier molecular flexibility index (Phi) is 6.14. The van der Waals surface area contributed by atoms with Gasteiger partial charge in [0.05, 0.1) is 4.90 Å². The van der Waals surface area contributed by atoms with Crippen molar-refractivity contribution in [2.75, 3.05) is 6.61 Å². The molecule has 1 aromatic rings. The zero-order chi connectivity index (χ0) is 15.2. The van der Waals surface area contributed by atoms with Gasteiger partial charge >= 0.3 is 0 Å². The smallest absolute Gasteiger partial charge is 0.263 e. The third-order valence-electron chi connectivity index (χ3n) is 3.13. The van der Waals surface area contributed by atoms with Crippen LogP contribution in [0.4, 0.5) is 4.39 Å². The van der Waals surface area contributed by atoms with Gasteiger partial charge in [0, 0.05) is 0 Å². The van der Waals surface area contributed by atoms with Gasteiger partial charge in [-0.2, -0.15) is 8.42 Å². The van der Waals surface area contributed by atoms with Crippen molar-refractivity contribution < 1.29 is 17.0 Å². The average Bonchev–Trinajstić information content (AvgIpc) is 2.37. The van der Waals surface area contributed by atoms with E-state index in [1.807, 2.05) is 13.8 Å². The van der Waals surface area contributed by atoms with Gasteiger partial charge in [-0.25, -0.2) is 4.39 Å². The number of hydrogen-bond acceptors (Lipinski definition) is 3. The molecule has 0 aromatic heterocycles. The SMILES string of the molecule is CCCCC[C@](C)(F)COS(=O)(=O)c1ccc(C)cc1. The number of benzene rings is 1. The van der Waals surface area contributed by atoms with E-state index in [-0.39, 0.29) is 4.90 Å². The fourth-order valence-corrected chi connectivity index (χ4v) is 2.80. The molecule has 3 nitrogen and oxygen atoms in total. The molecule has 0 saturated heterocycles. The van der Waals surface area contributed by atoms with Crippen molar-refractivity contribution in [1.82, 2.24) is 0 Å². The summed E-state index contributed by atoms with van der Waals surface area (Å²) in [5, 5.41) is 0. The molecule has 0 radical (unpaired) electrons. The number of aryl methyl sites for hydroxylation is 1. The number of halogens is 1. The van der Waals surface area contributed by atoms with Crippen LogP contribution in [0.1, 0.15) is 45.1 Å². The Hall–Kier alpha value is -0.940. The fourth-order valence-electron chi connectivity index (χ4n) is 1.79. The van der Waals surface area contributed by atoms with Crippen LogP contribution in [-0.4, -0.2) is 20.7 Å². The maximum atomic E-state index is 14.1. The molecule has 1 rings (SSSR count). The quantitative estimate of drug-likeness (QED) is 0.538. The lowest BCUT2D eigenvalue weighted by atomic mass is 10.0. The van der Waals surface area contributed by atoms with E-state index in [1.165, 1.54) is 19.1 Å². The second-order valence-electron chi connectivity index (χ2n) is 5.40. The Morgan fingerprint density at radius 3 is 2.35 bits per heavy atom. The highest BCUT2D eigenvalue weighted by Crippen LogP contribution is 2.22. The van der Waals surface area contributed by atoms with Gasteiger partial charge in [-0.15, -0.1) is 0 Å². The molecule has 0 aliphatic heterocycles. The predicted octanol–water partition coefficient (Wildman–Crippen LogP) is 4.01. The standard InChI is InChI=1S/C15H23FO3S/c1-4-5-6-11-15(3,16)12-19-20(17,18)14-9-7-13(2)8-10-14/h7-10H,4-6,11-12H2,1-3H3/t15-/m0/s1. The number of rotatable bonds is 8. The Morgan fingerprint density at radius 2 is 1.80 bits per heavy atom. The first-order valence-corrected chi connectivity index (χ1v) is 8.33. The van der Waals surface area contributed by atoms with Crippen LogP contribution in [-0.2, 0) is 14.3 Å². The molecule has 0 N–H and O–H groups in total. The minimum Gasteiger partial charge on any atom is -0.263 e. The first-order valence-electron chi connectivity index (χ1n) is 6.92. The van der Waals surface area contributed by atoms with Crippen LogP contribution in [0, 0.1) is 6.92 Å². The molecule has 1 aromatic carbocycles. The molecular weight excluding hydrogens is 279 g/mol. The van der Waals surface area contributed by atoms with E-state index < -0.39 is 22.4 Å². The Labute approximate surface area is 121 Å². The second-order valence-corrected chi connectivity index (χ2v) is 7.02. The minimum atomic E-state index is -3.88. The normalized spacial score (nSPS) is 15.0. The first kappa shape index (κ1) is 17.1. The average molecular weight is 302 g/mol. The number of alkyl halides is 1. The Morgan fingerprint density at radius 1 is 1.20 bits per heavy atom. The van der Waals surface area contributed by atoms with Crippen molar-refractivity contribution in [1.29, 1.82) is 0 Å². The van der Waals surface area contributed by atoms with Crippen molar-refractivity contribution in [3.05, 3.63) is 29.8 Å². The third kappa shape index (κ3) is 5.59. The van der Waals surface area contributed by atoms with Crippen LogP contribution in [0.2, 0.25) is 0 Å². The molecule has 0 spiro atoms. The summed E-state index contributed by atoms with van der Waals surface area (Å²) in [5.41, 5.74) is -0.661. The monoisotopic (exact) mass is 302 g/mol. The van der Waals surface area contributed by atoms with Crippen LogP contribution in [0.3, 0.4) is 0 Å². The van der Waals surface area contributed by atoms with Gasteiger partial charge < -0.3 is 0 Å². The van der Waals surface area contributed by atoms with E-state index in [0.29, 0.717) is 6.42 Å². The van der Waals surface area contributed by atoms with Crippen LogP contribution in [0.5, 0.6) is 0 Å². The molecule has 0 saturated carbocycles. The lowest BCUT2D eigenvalue weighted by molar-refractivity contribution is 0.0940. The van der Waals surface area contributed by atoms with Crippen LogP contribution < -0.4 is 0 Å². The molecule has 0 heterocycles. The van der Waals surface area contributed by atoms with Gasteiger partial charge in [-0.3, -0.25) is 4.18 Å². The Balaban J connectivity index is 2.61. The molecule has 0 aliphatic carbocycles. The second kappa shape index (κ2) is 7.18. The zero-order valence-corrected chi connectivity index (χ0v) is 13.2. The van der Waals surface area contributed by atoms with Crippen molar-refractivity contribution >= 4 is 10.1 Å². The molecule has 20 heavy (non-hydrogen) atoms. The first-order chi connectivity index (χ1) is 9.27. The van der Waals surface area contributed by atoms with Crippen LogP contribution in [0.15, 0.2) is 29.2 Å². The van der Waals surface area contributed by atoms with Gasteiger partial charge in [0.25, 0.3) is 10.1 Å². The van der Waals surface area contributed by atoms with Gasteiger partial charge in [-0.05, 0) is 32.4 Å². The highest BCUT2D eigenvalue weighted by molar-refractivity contribution is 7.86. The van der Waals surface area contributed by atoms with Crippen LogP contribution >= 0.6 is 0 Å². The Bertz CT molecular complexity index is 506. The van der Waals surface area contributed by atoms with Crippen molar-refractivity contribution in [3.8, 4) is 0 Å². The van der Waals surface area contributed by atoms with Crippen molar-refractivity contribution in [3.63, 3.8) is 0 Å². The number of unbranched alkanes of at least 4 members (excludes halogenated alkanes) is 2. The molecule has 1 atom stereocenters. The molecule has 0 unspecified atom stereocenters. The van der Waals surface area contributed by atoms with Crippen molar-refractivity contribution in [2.24, 2.45) is 0 Å². The van der Waals surface area contributed by atoms with Gasteiger partial charge in [0.15, 0.2) is 0 Å². The summed E-state index contributed by atoms with van der Waals surface area (Å²) in [5.74, 6) is 0. The van der Waals surface area contributed by atoms with E-state index in [4.69, 9.17) is 4.18 Å².